The van der Waals surface area contributed by atoms with Gasteiger partial charge in [0.05, 0.1) is 12.5 Å². The molecule has 0 spiro atoms. The van der Waals surface area contributed by atoms with Crippen LogP contribution in [0.3, 0.4) is 0 Å². The molecule has 0 bridgehead atoms. The van der Waals surface area contributed by atoms with E-state index < -0.39 is 0 Å². The molecule has 2 aromatic heterocycles. The van der Waals surface area contributed by atoms with Crippen LogP contribution in [0.4, 0.5) is 5.82 Å². The molecule has 128 valence electrons. The lowest BCUT2D eigenvalue weighted by Gasteiger charge is -2.21. The first-order chi connectivity index (χ1) is 12.2. The van der Waals surface area contributed by atoms with Crippen LogP contribution in [0.15, 0.2) is 30.5 Å². The van der Waals surface area contributed by atoms with Crippen molar-refractivity contribution < 1.29 is 14.2 Å². The Kier molecular flexibility index (Phi) is 3.97. The second kappa shape index (κ2) is 6.43. The fraction of sp³-hybridized carbons (Fsp3) is 0.278. The molecule has 0 saturated carbocycles. The number of nitrogens with zero attached hydrogens (tertiary/aromatic N) is 3. The second-order valence-electron chi connectivity index (χ2n) is 5.66. The quantitative estimate of drug-likeness (QED) is 0.783. The maximum absolute atomic E-state index is 5.66. The van der Waals surface area contributed by atoms with Gasteiger partial charge in [0.1, 0.15) is 30.6 Å². The van der Waals surface area contributed by atoms with Gasteiger partial charge in [-0.05, 0) is 25.1 Å². The maximum atomic E-state index is 5.66. The molecule has 0 unspecified atom stereocenters. The highest BCUT2D eigenvalue weighted by molar-refractivity contribution is 5.86. The number of methoxy groups -OCH3 is 1. The van der Waals surface area contributed by atoms with Crippen LogP contribution < -0.4 is 19.5 Å². The molecule has 0 saturated heterocycles. The Morgan fingerprint density at radius 3 is 2.76 bits per heavy atom. The summed E-state index contributed by atoms with van der Waals surface area (Å²) in [5, 5.41) is 4.24. The fourth-order valence-electron chi connectivity index (χ4n) is 2.83. The monoisotopic (exact) mass is 338 g/mol. The normalized spacial score (nSPS) is 12.9. The van der Waals surface area contributed by atoms with Gasteiger partial charge >= 0.3 is 0 Å². The SMILES string of the molecule is COc1cc2c(cc1CNc1nc(C)nc3ncccc13)OCCO2. The molecule has 1 aliphatic rings. The summed E-state index contributed by atoms with van der Waals surface area (Å²) in [5.74, 6) is 3.59. The molecule has 1 aromatic carbocycles. The highest BCUT2D eigenvalue weighted by Crippen LogP contribution is 2.37. The summed E-state index contributed by atoms with van der Waals surface area (Å²) < 4.78 is 16.8. The summed E-state index contributed by atoms with van der Waals surface area (Å²) in [4.78, 5) is 13.2. The average Bonchev–Trinajstić information content (AvgIpc) is 2.65. The van der Waals surface area contributed by atoms with Crippen LogP contribution >= 0.6 is 0 Å². The summed E-state index contributed by atoms with van der Waals surface area (Å²) in [6, 6.07) is 7.62. The minimum Gasteiger partial charge on any atom is -0.496 e. The number of nitrogens with one attached hydrogen (secondary N) is 1. The predicted molar refractivity (Wildman–Crippen MR) is 93.4 cm³/mol. The number of pyridine rings is 1. The zero-order chi connectivity index (χ0) is 17.2. The van der Waals surface area contributed by atoms with E-state index in [1.807, 2.05) is 31.2 Å². The largest absolute Gasteiger partial charge is 0.496 e. The molecule has 4 rings (SSSR count). The van der Waals surface area contributed by atoms with Crippen LogP contribution in [0.5, 0.6) is 17.2 Å². The number of fused-ring (bicyclic) bond motifs is 2. The summed E-state index contributed by atoms with van der Waals surface area (Å²) in [6.45, 7) is 3.48. The van der Waals surface area contributed by atoms with E-state index in [1.165, 1.54) is 0 Å². The molecular formula is C18H18N4O3. The lowest BCUT2D eigenvalue weighted by Crippen LogP contribution is -2.16. The van der Waals surface area contributed by atoms with Gasteiger partial charge in [-0.2, -0.15) is 0 Å². The van der Waals surface area contributed by atoms with Gasteiger partial charge in [-0.3, -0.25) is 0 Å². The number of aryl methyl sites for hydroxylation is 1. The van der Waals surface area contributed by atoms with E-state index in [1.54, 1.807) is 13.3 Å². The second-order valence-corrected chi connectivity index (χ2v) is 5.66. The van der Waals surface area contributed by atoms with Gasteiger partial charge in [0.2, 0.25) is 0 Å². The summed E-state index contributed by atoms with van der Waals surface area (Å²) in [6.07, 6.45) is 1.72. The number of ether oxygens (including phenoxy) is 3. The van der Waals surface area contributed by atoms with Crippen molar-refractivity contribution in [3.8, 4) is 17.2 Å². The van der Waals surface area contributed by atoms with Gasteiger partial charge in [-0.15, -0.1) is 0 Å². The molecule has 1 aliphatic heterocycles. The molecule has 1 N–H and O–H groups in total. The third-order valence-electron chi connectivity index (χ3n) is 3.97. The van der Waals surface area contributed by atoms with E-state index >= 15 is 0 Å². The van der Waals surface area contributed by atoms with Crippen LogP contribution in [0, 0.1) is 6.92 Å². The van der Waals surface area contributed by atoms with E-state index in [0.29, 0.717) is 37.0 Å². The number of aromatic nitrogens is 3. The van der Waals surface area contributed by atoms with E-state index in [2.05, 4.69) is 20.3 Å². The van der Waals surface area contributed by atoms with Crippen LogP contribution in [-0.2, 0) is 6.54 Å². The van der Waals surface area contributed by atoms with Crippen LogP contribution in [-0.4, -0.2) is 35.3 Å². The lowest BCUT2D eigenvalue weighted by molar-refractivity contribution is 0.170. The Labute approximate surface area is 145 Å². The van der Waals surface area contributed by atoms with E-state index in [-0.39, 0.29) is 0 Å². The molecule has 25 heavy (non-hydrogen) atoms. The highest BCUT2D eigenvalue weighted by atomic mass is 16.6. The Hall–Kier alpha value is -3.09. The Balaban J connectivity index is 1.65. The first-order valence-electron chi connectivity index (χ1n) is 8.04. The zero-order valence-corrected chi connectivity index (χ0v) is 14.1. The first-order valence-corrected chi connectivity index (χ1v) is 8.04. The maximum Gasteiger partial charge on any atom is 0.165 e. The summed E-state index contributed by atoms with van der Waals surface area (Å²) in [7, 11) is 1.64. The zero-order valence-electron chi connectivity index (χ0n) is 14.1. The van der Waals surface area contributed by atoms with Crippen molar-refractivity contribution in [3.05, 3.63) is 41.9 Å². The molecule has 0 amide bonds. The first kappa shape index (κ1) is 15.4. The van der Waals surface area contributed by atoms with Crippen molar-refractivity contribution in [1.29, 1.82) is 0 Å². The molecule has 7 nitrogen and oxygen atoms in total. The molecule has 0 fully saturated rings. The summed E-state index contributed by atoms with van der Waals surface area (Å²) >= 11 is 0. The Bertz CT molecular complexity index is 930. The lowest BCUT2D eigenvalue weighted by atomic mass is 10.1. The highest BCUT2D eigenvalue weighted by Gasteiger charge is 2.17. The number of anilines is 1. The van der Waals surface area contributed by atoms with Gasteiger partial charge in [-0.1, -0.05) is 0 Å². The molecule has 3 heterocycles. The van der Waals surface area contributed by atoms with Crippen LogP contribution in [0.2, 0.25) is 0 Å². The van der Waals surface area contributed by atoms with Crippen LogP contribution in [0.1, 0.15) is 11.4 Å². The van der Waals surface area contributed by atoms with E-state index in [9.17, 15) is 0 Å². The van der Waals surface area contributed by atoms with E-state index in [4.69, 9.17) is 14.2 Å². The van der Waals surface area contributed by atoms with Crippen molar-refractivity contribution in [3.63, 3.8) is 0 Å². The van der Waals surface area contributed by atoms with Gasteiger partial charge in [0, 0.05) is 24.4 Å². The molecule has 0 aliphatic carbocycles. The predicted octanol–water partition coefficient (Wildman–Crippen LogP) is 2.73. The topological polar surface area (TPSA) is 78.4 Å². The third kappa shape index (κ3) is 3.00. The van der Waals surface area contributed by atoms with E-state index in [0.717, 1.165) is 28.3 Å². The Morgan fingerprint density at radius 2 is 1.96 bits per heavy atom. The number of hydrogen-bond acceptors (Lipinski definition) is 7. The van der Waals surface area contributed by atoms with Crippen molar-refractivity contribution in [2.75, 3.05) is 25.6 Å². The minimum atomic E-state index is 0.528. The molecular weight excluding hydrogens is 320 g/mol. The third-order valence-corrected chi connectivity index (χ3v) is 3.97. The summed E-state index contributed by atoms with van der Waals surface area (Å²) in [5.41, 5.74) is 1.63. The molecule has 3 aromatic rings. The van der Waals surface area contributed by atoms with Crippen molar-refractivity contribution in [2.24, 2.45) is 0 Å². The molecule has 7 heteroatoms. The van der Waals surface area contributed by atoms with Gasteiger partial charge < -0.3 is 19.5 Å². The Morgan fingerprint density at radius 1 is 1.16 bits per heavy atom. The average molecular weight is 338 g/mol. The molecule has 0 radical (unpaired) electrons. The van der Waals surface area contributed by atoms with Gasteiger partial charge in [0.25, 0.3) is 0 Å². The van der Waals surface area contributed by atoms with Crippen molar-refractivity contribution in [1.82, 2.24) is 15.0 Å². The number of rotatable bonds is 4. The number of benzene rings is 1. The van der Waals surface area contributed by atoms with Gasteiger partial charge in [-0.25, -0.2) is 15.0 Å². The van der Waals surface area contributed by atoms with Crippen molar-refractivity contribution >= 4 is 16.9 Å². The van der Waals surface area contributed by atoms with Gasteiger partial charge in [0.15, 0.2) is 17.1 Å². The minimum absolute atomic E-state index is 0.528. The molecule has 0 atom stereocenters. The van der Waals surface area contributed by atoms with Crippen molar-refractivity contribution in [2.45, 2.75) is 13.5 Å². The number of hydrogen-bond donors (Lipinski definition) is 1. The fourth-order valence-corrected chi connectivity index (χ4v) is 2.83. The standard InChI is InChI=1S/C18H18N4O3/c1-11-21-17-13(4-3-5-19-17)18(22-11)20-10-12-8-15-16(9-14(12)23-2)25-7-6-24-15/h3-5,8-9H,6-7,10H2,1-2H3,(H,19,20,21,22). The van der Waals surface area contributed by atoms with Crippen LogP contribution in [0.25, 0.3) is 11.0 Å². The smallest absolute Gasteiger partial charge is 0.165 e.